The molecule has 0 aliphatic heterocycles. The average molecular weight is 621 g/mol. The van der Waals surface area contributed by atoms with Crippen LogP contribution in [0.2, 0.25) is 0 Å². The van der Waals surface area contributed by atoms with Gasteiger partial charge in [0.2, 0.25) is 0 Å². The van der Waals surface area contributed by atoms with Crippen molar-refractivity contribution >= 4 is 0 Å². The van der Waals surface area contributed by atoms with E-state index in [1.807, 2.05) is 85.7 Å². The SMILES string of the molecule is CCOC(C)Oc1ccc(C(C)CC)c(OC(C)OCC)c1.CCOC(C)Oc1ccc(OC(C)OCC)c(C(C)CC)c1. The molecule has 0 heterocycles. The van der Waals surface area contributed by atoms with Gasteiger partial charge in [0.05, 0.1) is 0 Å². The minimum atomic E-state index is -0.285. The fraction of sp³-hybridized carbons (Fsp3) is 0.667. The van der Waals surface area contributed by atoms with E-state index in [0.29, 0.717) is 38.3 Å². The van der Waals surface area contributed by atoms with Gasteiger partial charge in [-0.25, -0.2) is 0 Å². The number of hydrogen-bond donors (Lipinski definition) is 0. The number of ether oxygens (including phenoxy) is 8. The molecule has 0 aromatic heterocycles. The Kier molecular flexibility index (Phi) is 19.8. The molecule has 0 bridgehead atoms. The summed E-state index contributed by atoms with van der Waals surface area (Å²) in [5.41, 5.74) is 2.31. The van der Waals surface area contributed by atoms with Crippen molar-refractivity contribution in [2.45, 2.75) is 133 Å². The Hall–Kier alpha value is -2.52. The van der Waals surface area contributed by atoms with Crippen molar-refractivity contribution < 1.29 is 37.9 Å². The third kappa shape index (κ3) is 14.5. The molecule has 6 unspecified atom stereocenters. The molecule has 0 amide bonds. The third-order valence-electron chi connectivity index (χ3n) is 7.05. The van der Waals surface area contributed by atoms with E-state index in [4.69, 9.17) is 37.9 Å². The van der Waals surface area contributed by atoms with E-state index < -0.39 is 0 Å². The van der Waals surface area contributed by atoms with Gasteiger partial charge >= 0.3 is 0 Å². The predicted molar refractivity (Wildman–Crippen MR) is 177 cm³/mol. The van der Waals surface area contributed by atoms with Crippen LogP contribution in [-0.4, -0.2) is 51.6 Å². The zero-order valence-corrected chi connectivity index (χ0v) is 29.4. The van der Waals surface area contributed by atoms with E-state index in [0.717, 1.165) is 41.4 Å². The molecule has 0 N–H and O–H groups in total. The highest BCUT2D eigenvalue weighted by atomic mass is 16.7. The molecule has 2 rings (SSSR count). The molecular weight excluding hydrogens is 560 g/mol. The first-order valence-electron chi connectivity index (χ1n) is 16.4. The maximum Gasteiger partial charge on any atom is 0.196 e. The Bertz CT molecular complexity index is 1030. The van der Waals surface area contributed by atoms with E-state index in [2.05, 4.69) is 33.8 Å². The maximum absolute atomic E-state index is 5.95. The van der Waals surface area contributed by atoms with Gasteiger partial charge in [0.1, 0.15) is 23.0 Å². The van der Waals surface area contributed by atoms with E-state index in [9.17, 15) is 0 Å². The molecule has 0 spiro atoms. The minimum Gasteiger partial charge on any atom is -0.465 e. The quantitative estimate of drug-likeness (QED) is 0.136. The second kappa shape index (κ2) is 22.1. The van der Waals surface area contributed by atoms with Crippen LogP contribution in [0.4, 0.5) is 0 Å². The van der Waals surface area contributed by atoms with Crippen molar-refractivity contribution in [1.29, 1.82) is 0 Å². The molecule has 8 nitrogen and oxygen atoms in total. The van der Waals surface area contributed by atoms with E-state index in [-0.39, 0.29) is 25.2 Å². The number of hydrogen-bond acceptors (Lipinski definition) is 8. The molecule has 0 aliphatic rings. The Morgan fingerprint density at radius 3 is 1.27 bits per heavy atom. The second-order valence-electron chi connectivity index (χ2n) is 10.6. The summed E-state index contributed by atoms with van der Waals surface area (Å²) in [6.07, 6.45) is 0.994. The Balaban J connectivity index is 0.000000440. The number of benzene rings is 2. The fourth-order valence-corrected chi connectivity index (χ4v) is 4.45. The van der Waals surface area contributed by atoms with Crippen LogP contribution in [0.3, 0.4) is 0 Å². The molecule has 0 saturated heterocycles. The van der Waals surface area contributed by atoms with Crippen molar-refractivity contribution in [3.05, 3.63) is 47.5 Å². The molecule has 252 valence electrons. The van der Waals surface area contributed by atoms with Crippen molar-refractivity contribution in [2.75, 3.05) is 26.4 Å². The van der Waals surface area contributed by atoms with Gasteiger partial charge in [0, 0.05) is 38.1 Å². The third-order valence-corrected chi connectivity index (χ3v) is 7.05. The topological polar surface area (TPSA) is 73.8 Å². The van der Waals surface area contributed by atoms with Crippen LogP contribution in [-0.2, 0) is 18.9 Å². The summed E-state index contributed by atoms with van der Waals surface area (Å²) in [5, 5.41) is 0. The Morgan fingerprint density at radius 2 is 0.818 bits per heavy atom. The lowest BCUT2D eigenvalue weighted by Crippen LogP contribution is -2.18. The molecular formula is C36H60O8. The summed E-state index contributed by atoms with van der Waals surface area (Å²) >= 11 is 0. The van der Waals surface area contributed by atoms with Gasteiger partial charge in [0.25, 0.3) is 0 Å². The normalized spacial score (nSPS) is 15.2. The summed E-state index contributed by atoms with van der Waals surface area (Å²) in [6, 6.07) is 11.9. The van der Waals surface area contributed by atoms with Crippen LogP contribution in [0, 0.1) is 0 Å². The highest BCUT2D eigenvalue weighted by molar-refractivity contribution is 5.43. The highest BCUT2D eigenvalue weighted by Crippen LogP contribution is 2.34. The summed E-state index contributed by atoms with van der Waals surface area (Å²) in [6.45, 7) is 26.6. The van der Waals surface area contributed by atoms with Crippen LogP contribution >= 0.6 is 0 Å². The molecule has 0 radical (unpaired) electrons. The van der Waals surface area contributed by atoms with Crippen molar-refractivity contribution in [3.8, 4) is 23.0 Å². The van der Waals surface area contributed by atoms with Crippen molar-refractivity contribution in [2.24, 2.45) is 0 Å². The standard InChI is InChI=1S/2C18H30O4/c1-7-13(4)17-12-16(21-14(5)19-8-2)10-11-18(17)22-15(6)20-9-3;1-7-13(4)17-11-10-16(21-14(5)19-8-2)12-18(17)22-15(6)20-9-3/h2*10-15H,7-9H2,1-6H3. The van der Waals surface area contributed by atoms with Crippen LogP contribution in [0.1, 0.15) is 119 Å². The lowest BCUT2D eigenvalue weighted by atomic mass is 9.97. The van der Waals surface area contributed by atoms with Crippen molar-refractivity contribution in [1.82, 2.24) is 0 Å². The Labute approximate surface area is 267 Å². The first-order chi connectivity index (χ1) is 21.0. The van der Waals surface area contributed by atoms with Crippen LogP contribution in [0.15, 0.2) is 36.4 Å². The van der Waals surface area contributed by atoms with Crippen LogP contribution in [0.25, 0.3) is 0 Å². The van der Waals surface area contributed by atoms with Gasteiger partial charge in [-0.2, -0.15) is 0 Å². The lowest BCUT2D eigenvalue weighted by Gasteiger charge is -2.21. The summed E-state index contributed by atoms with van der Waals surface area (Å²) < 4.78 is 45.2. The summed E-state index contributed by atoms with van der Waals surface area (Å²) in [7, 11) is 0. The highest BCUT2D eigenvalue weighted by Gasteiger charge is 2.17. The summed E-state index contributed by atoms with van der Waals surface area (Å²) in [5.74, 6) is 4.01. The van der Waals surface area contributed by atoms with Gasteiger partial charge in [-0.05, 0) is 110 Å². The van der Waals surface area contributed by atoms with Gasteiger partial charge in [-0.1, -0.05) is 33.8 Å². The van der Waals surface area contributed by atoms with E-state index >= 15 is 0 Å². The minimum absolute atomic E-state index is 0.260. The summed E-state index contributed by atoms with van der Waals surface area (Å²) in [4.78, 5) is 0. The second-order valence-corrected chi connectivity index (χ2v) is 10.6. The van der Waals surface area contributed by atoms with Gasteiger partial charge in [-0.3, -0.25) is 0 Å². The Morgan fingerprint density at radius 1 is 0.432 bits per heavy atom. The molecule has 44 heavy (non-hydrogen) atoms. The molecule has 8 heteroatoms. The van der Waals surface area contributed by atoms with Crippen LogP contribution < -0.4 is 18.9 Å². The fourth-order valence-electron chi connectivity index (χ4n) is 4.45. The van der Waals surface area contributed by atoms with Gasteiger partial charge in [0.15, 0.2) is 25.2 Å². The zero-order chi connectivity index (χ0) is 33.1. The molecule has 0 saturated carbocycles. The largest absolute Gasteiger partial charge is 0.465 e. The average Bonchev–Trinajstić information content (AvgIpc) is 2.98. The maximum atomic E-state index is 5.95. The molecule has 0 aliphatic carbocycles. The smallest absolute Gasteiger partial charge is 0.196 e. The lowest BCUT2D eigenvalue weighted by molar-refractivity contribution is -0.0654. The predicted octanol–water partition coefficient (Wildman–Crippen LogP) is 9.45. The van der Waals surface area contributed by atoms with Gasteiger partial charge in [-0.15, -0.1) is 0 Å². The van der Waals surface area contributed by atoms with Gasteiger partial charge < -0.3 is 37.9 Å². The van der Waals surface area contributed by atoms with E-state index in [1.54, 1.807) is 0 Å². The molecule has 2 aromatic carbocycles. The zero-order valence-electron chi connectivity index (χ0n) is 29.4. The first kappa shape index (κ1) is 39.5. The molecule has 6 atom stereocenters. The molecule has 0 fully saturated rings. The van der Waals surface area contributed by atoms with E-state index in [1.165, 1.54) is 5.56 Å². The molecule has 2 aromatic rings. The van der Waals surface area contributed by atoms with Crippen LogP contribution in [0.5, 0.6) is 23.0 Å². The van der Waals surface area contributed by atoms with Crippen molar-refractivity contribution in [3.63, 3.8) is 0 Å². The first-order valence-corrected chi connectivity index (χ1v) is 16.4. The number of rotatable bonds is 20. The monoisotopic (exact) mass is 620 g/mol.